The van der Waals surface area contributed by atoms with Crippen LogP contribution in [0.25, 0.3) is 0 Å². The number of Topliss-reactive ketones (excluding diaryl/α,β-unsaturated/α-hetero) is 1. The van der Waals surface area contributed by atoms with Crippen LogP contribution in [0.15, 0.2) is 48.5 Å². The Kier molecular flexibility index (Phi) is 6.50. The highest BCUT2D eigenvalue weighted by Crippen LogP contribution is 2.29. The molecule has 0 unspecified atom stereocenters. The lowest BCUT2D eigenvalue weighted by atomic mass is 10.1. The summed E-state index contributed by atoms with van der Waals surface area (Å²) in [4.78, 5) is 35.7. The van der Waals surface area contributed by atoms with Crippen molar-refractivity contribution in [3.8, 4) is 0 Å². The summed E-state index contributed by atoms with van der Waals surface area (Å²) in [5.74, 6) is -2.76. The van der Waals surface area contributed by atoms with Gasteiger partial charge in [-0.05, 0) is 55.5 Å². The zero-order valence-corrected chi connectivity index (χ0v) is 14.5. The highest BCUT2D eigenvalue weighted by atomic mass is 19.4. The van der Waals surface area contributed by atoms with E-state index < -0.39 is 47.9 Å². The van der Waals surface area contributed by atoms with Crippen molar-refractivity contribution in [1.29, 1.82) is 0 Å². The quantitative estimate of drug-likeness (QED) is 0.461. The van der Waals surface area contributed by atoms with Crippen LogP contribution >= 0.6 is 0 Å². The molecule has 0 aromatic heterocycles. The highest BCUT2D eigenvalue weighted by Gasteiger charge is 2.30. The maximum atomic E-state index is 12.9. The van der Waals surface area contributed by atoms with E-state index in [-0.39, 0.29) is 11.1 Å². The molecule has 28 heavy (non-hydrogen) atoms. The lowest BCUT2D eigenvalue weighted by Gasteiger charge is -2.13. The molecule has 2 aromatic carbocycles. The number of nitrogens with one attached hydrogen (secondary N) is 1. The van der Waals surface area contributed by atoms with Gasteiger partial charge < -0.3 is 10.1 Å². The van der Waals surface area contributed by atoms with Crippen molar-refractivity contribution in [2.24, 2.45) is 0 Å². The van der Waals surface area contributed by atoms with Crippen LogP contribution in [0, 0.1) is 5.82 Å². The Morgan fingerprint density at radius 1 is 0.964 bits per heavy atom. The van der Waals surface area contributed by atoms with Gasteiger partial charge in [0.2, 0.25) is 5.78 Å². The van der Waals surface area contributed by atoms with Gasteiger partial charge in [-0.2, -0.15) is 13.2 Å². The Morgan fingerprint density at radius 2 is 1.50 bits per heavy atom. The van der Waals surface area contributed by atoms with Gasteiger partial charge in [0.25, 0.3) is 5.91 Å². The van der Waals surface area contributed by atoms with Gasteiger partial charge in [0.05, 0.1) is 5.56 Å². The molecule has 0 saturated carbocycles. The molecule has 1 atom stereocenters. The number of ketones is 1. The second-order valence-corrected chi connectivity index (χ2v) is 5.76. The van der Waals surface area contributed by atoms with Gasteiger partial charge >= 0.3 is 12.1 Å². The summed E-state index contributed by atoms with van der Waals surface area (Å²) in [6.07, 6.45) is -5.69. The van der Waals surface area contributed by atoms with E-state index in [4.69, 9.17) is 4.74 Å². The van der Waals surface area contributed by atoms with Gasteiger partial charge in [-0.1, -0.05) is 0 Å². The van der Waals surface area contributed by atoms with Gasteiger partial charge in [0.15, 0.2) is 6.10 Å². The maximum absolute atomic E-state index is 12.9. The minimum atomic E-state index is -4.52. The molecule has 1 amide bonds. The first-order valence-corrected chi connectivity index (χ1v) is 8.02. The zero-order valence-electron chi connectivity index (χ0n) is 14.5. The van der Waals surface area contributed by atoms with Crippen molar-refractivity contribution in [3.63, 3.8) is 0 Å². The fraction of sp³-hybridized carbons (Fsp3) is 0.211. The Morgan fingerprint density at radius 3 is 2.04 bits per heavy atom. The van der Waals surface area contributed by atoms with Crippen LogP contribution in [0.4, 0.5) is 17.6 Å². The summed E-state index contributed by atoms with van der Waals surface area (Å²) in [6, 6.07) is 8.11. The molecule has 148 valence electrons. The number of rotatable bonds is 6. The van der Waals surface area contributed by atoms with Crippen LogP contribution in [-0.4, -0.2) is 30.3 Å². The number of carbonyl (C=O) groups excluding carboxylic acids is 3. The molecular weight excluding hydrogens is 382 g/mol. The van der Waals surface area contributed by atoms with Crippen LogP contribution in [0.5, 0.6) is 0 Å². The number of amides is 1. The molecule has 0 aliphatic heterocycles. The Hall–Kier alpha value is -3.23. The molecule has 0 spiro atoms. The second-order valence-electron chi connectivity index (χ2n) is 5.76. The van der Waals surface area contributed by atoms with Gasteiger partial charge in [-0.25, -0.2) is 4.39 Å². The van der Waals surface area contributed by atoms with Gasteiger partial charge in [0, 0.05) is 11.1 Å². The van der Waals surface area contributed by atoms with E-state index in [1.54, 1.807) is 0 Å². The number of alkyl halides is 3. The summed E-state index contributed by atoms with van der Waals surface area (Å²) >= 11 is 0. The highest BCUT2D eigenvalue weighted by molar-refractivity contribution is 6.00. The number of halogens is 4. The van der Waals surface area contributed by atoms with Crippen molar-refractivity contribution >= 4 is 17.7 Å². The van der Waals surface area contributed by atoms with Crippen LogP contribution < -0.4 is 5.32 Å². The molecule has 0 radical (unpaired) electrons. The smallest absolute Gasteiger partial charge is 0.416 e. The normalized spacial score (nSPS) is 12.2. The maximum Gasteiger partial charge on any atom is 0.416 e. The van der Waals surface area contributed by atoms with Crippen molar-refractivity contribution < 1.29 is 36.7 Å². The fourth-order valence-corrected chi connectivity index (χ4v) is 2.21. The molecule has 0 bridgehead atoms. The standard InChI is InChI=1S/C19H15F4NO4/c1-11(17(26)12-4-8-15(20)9-5-12)28-16(25)10-24-18(27)13-2-6-14(7-3-13)19(21,22)23/h2-9,11H,10H2,1H3,(H,24,27)/t11-/m0/s1. The first-order chi connectivity index (χ1) is 13.1. The van der Waals surface area contributed by atoms with E-state index in [1.807, 2.05) is 0 Å². The molecule has 1 N–H and O–H groups in total. The number of benzene rings is 2. The Labute approximate surface area is 157 Å². The van der Waals surface area contributed by atoms with E-state index >= 15 is 0 Å². The summed E-state index contributed by atoms with van der Waals surface area (Å²) < 4.78 is 55.3. The monoisotopic (exact) mass is 397 g/mol. The third-order valence-electron chi connectivity index (χ3n) is 3.67. The largest absolute Gasteiger partial charge is 0.453 e. The van der Waals surface area contributed by atoms with Crippen LogP contribution in [-0.2, 0) is 15.7 Å². The number of ether oxygens (including phenoxy) is 1. The fourth-order valence-electron chi connectivity index (χ4n) is 2.21. The SMILES string of the molecule is C[C@H](OC(=O)CNC(=O)c1ccc(C(F)(F)F)cc1)C(=O)c1ccc(F)cc1. The number of esters is 1. The summed E-state index contributed by atoms with van der Waals surface area (Å²) in [5.41, 5.74) is -0.830. The molecule has 2 rings (SSSR count). The first-order valence-electron chi connectivity index (χ1n) is 8.02. The summed E-state index contributed by atoms with van der Waals surface area (Å²) in [7, 11) is 0. The lowest BCUT2D eigenvalue weighted by Crippen LogP contribution is -2.34. The molecule has 9 heteroatoms. The topological polar surface area (TPSA) is 72.5 Å². The predicted octanol–water partition coefficient (Wildman–Crippen LogP) is 3.39. The van der Waals surface area contributed by atoms with Crippen molar-refractivity contribution in [3.05, 3.63) is 71.0 Å². The van der Waals surface area contributed by atoms with Crippen LogP contribution in [0.1, 0.15) is 33.2 Å². The van der Waals surface area contributed by atoms with E-state index in [2.05, 4.69) is 5.32 Å². The molecule has 0 aliphatic rings. The average Bonchev–Trinajstić information content (AvgIpc) is 2.65. The van der Waals surface area contributed by atoms with Crippen LogP contribution in [0.3, 0.4) is 0 Å². The Balaban J connectivity index is 1.86. The minimum Gasteiger partial charge on any atom is -0.453 e. The third-order valence-corrected chi connectivity index (χ3v) is 3.67. The lowest BCUT2D eigenvalue weighted by molar-refractivity contribution is -0.145. The molecule has 0 saturated heterocycles. The minimum absolute atomic E-state index is 0.0729. The predicted molar refractivity (Wildman–Crippen MR) is 90.1 cm³/mol. The molecule has 2 aromatic rings. The van der Waals surface area contributed by atoms with Crippen molar-refractivity contribution in [2.45, 2.75) is 19.2 Å². The van der Waals surface area contributed by atoms with Crippen molar-refractivity contribution in [2.75, 3.05) is 6.54 Å². The summed E-state index contributed by atoms with van der Waals surface area (Å²) in [5, 5.41) is 2.19. The van der Waals surface area contributed by atoms with Crippen LogP contribution in [0.2, 0.25) is 0 Å². The van der Waals surface area contributed by atoms with E-state index in [0.29, 0.717) is 0 Å². The second kappa shape index (κ2) is 8.64. The van der Waals surface area contributed by atoms with E-state index in [9.17, 15) is 31.9 Å². The van der Waals surface area contributed by atoms with Crippen molar-refractivity contribution in [1.82, 2.24) is 5.32 Å². The number of carbonyl (C=O) groups is 3. The third kappa shape index (κ3) is 5.63. The molecule has 0 aliphatic carbocycles. The average molecular weight is 397 g/mol. The number of hydrogen-bond acceptors (Lipinski definition) is 4. The molecule has 0 heterocycles. The zero-order chi connectivity index (χ0) is 20.9. The first kappa shape index (κ1) is 21.1. The summed E-state index contributed by atoms with van der Waals surface area (Å²) in [6.45, 7) is 0.738. The molecule has 5 nitrogen and oxygen atoms in total. The van der Waals surface area contributed by atoms with Gasteiger partial charge in [0.1, 0.15) is 12.4 Å². The molecule has 0 fully saturated rings. The van der Waals surface area contributed by atoms with Gasteiger partial charge in [-0.3, -0.25) is 14.4 Å². The van der Waals surface area contributed by atoms with E-state index in [0.717, 1.165) is 36.4 Å². The van der Waals surface area contributed by atoms with E-state index in [1.165, 1.54) is 19.1 Å². The molecular formula is C19H15F4NO4. The Bertz CT molecular complexity index is 861. The van der Waals surface area contributed by atoms with Gasteiger partial charge in [-0.15, -0.1) is 0 Å². The number of hydrogen-bond donors (Lipinski definition) is 1.